The molecule has 6 heteroatoms. The van der Waals surface area contributed by atoms with E-state index in [-0.39, 0.29) is 30.5 Å². The van der Waals surface area contributed by atoms with Crippen LogP contribution in [0.4, 0.5) is 10.1 Å². The van der Waals surface area contributed by atoms with Crippen LogP contribution >= 0.6 is 0 Å². The zero-order valence-electron chi connectivity index (χ0n) is 9.91. The van der Waals surface area contributed by atoms with E-state index in [1.54, 1.807) is 12.1 Å². The van der Waals surface area contributed by atoms with Gasteiger partial charge in [0.25, 0.3) is 0 Å². The number of anilines is 1. The highest BCUT2D eigenvalue weighted by atomic mass is 19.1. The van der Waals surface area contributed by atoms with Crippen LogP contribution in [0.25, 0.3) is 0 Å². The third-order valence-electron chi connectivity index (χ3n) is 2.21. The molecule has 0 aliphatic heterocycles. The molecular weight excluding hydrogens is 237 g/mol. The molecule has 0 aliphatic rings. The maximum Gasteiger partial charge on any atom is 0.238 e. The number of primary amides is 1. The Bertz CT molecular complexity index is 424. The van der Waals surface area contributed by atoms with Crippen LogP contribution in [0, 0.1) is 5.82 Å². The van der Waals surface area contributed by atoms with Crippen molar-refractivity contribution in [2.24, 2.45) is 5.73 Å². The molecule has 1 rings (SSSR count). The van der Waals surface area contributed by atoms with Gasteiger partial charge in [0, 0.05) is 6.42 Å². The maximum absolute atomic E-state index is 13.2. The van der Waals surface area contributed by atoms with E-state index in [9.17, 15) is 14.0 Å². The van der Waals surface area contributed by atoms with E-state index in [0.29, 0.717) is 13.0 Å². The fraction of sp³-hybridized carbons (Fsp3) is 0.333. The summed E-state index contributed by atoms with van der Waals surface area (Å²) < 4.78 is 13.2. The smallest absolute Gasteiger partial charge is 0.238 e. The second-order valence-electron chi connectivity index (χ2n) is 3.77. The number of halogens is 1. The summed E-state index contributed by atoms with van der Waals surface area (Å²) >= 11 is 0. The fourth-order valence-electron chi connectivity index (χ4n) is 1.35. The molecule has 0 heterocycles. The van der Waals surface area contributed by atoms with Gasteiger partial charge in [0.15, 0.2) is 0 Å². The lowest BCUT2D eigenvalue weighted by molar-refractivity contribution is -0.118. The quantitative estimate of drug-likeness (QED) is 0.623. The zero-order chi connectivity index (χ0) is 13.4. The first-order valence-electron chi connectivity index (χ1n) is 5.63. The van der Waals surface area contributed by atoms with Crippen LogP contribution in [0.2, 0.25) is 0 Å². The van der Waals surface area contributed by atoms with Gasteiger partial charge in [-0.05, 0) is 25.1 Å². The predicted octanol–water partition coefficient (Wildman–Crippen LogP) is 0.619. The van der Waals surface area contributed by atoms with Gasteiger partial charge in [-0.1, -0.05) is 12.1 Å². The first kappa shape index (κ1) is 14.1. The molecule has 0 saturated heterocycles. The molecule has 0 saturated carbocycles. The average Bonchev–Trinajstić information content (AvgIpc) is 2.31. The highest BCUT2D eigenvalue weighted by Crippen LogP contribution is 2.11. The van der Waals surface area contributed by atoms with E-state index in [1.165, 1.54) is 12.1 Å². The Morgan fingerprint density at radius 3 is 2.67 bits per heavy atom. The van der Waals surface area contributed by atoms with Gasteiger partial charge in [-0.25, -0.2) is 4.39 Å². The molecule has 5 nitrogen and oxygen atoms in total. The molecule has 4 N–H and O–H groups in total. The van der Waals surface area contributed by atoms with Gasteiger partial charge in [-0.15, -0.1) is 0 Å². The lowest BCUT2D eigenvalue weighted by atomic mass is 10.3. The highest BCUT2D eigenvalue weighted by Gasteiger charge is 2.05. The number of benzene rings is 1. The number of para-hydroxylation sites is 1. The molecular formula is C12H16FN3O2. The monoisotopic (exact) mass is 253 g/mol. The molecule has 0 spiro atoms. The summed E-state index contributed by atoms with van der Waals surface area (Å²) in [6, 6.07) is 5.95. The minimum absolute atomic E-state index is 0.0626. The molecule has 1 aromatic carbocycles. The molecule has 0 aromatic heterocycles. The van der Waals surface area contributed by atoms with E-state index >= 15 is 0 Å². The fourth-order valence-corrected chi connectivity index (χ4v) is 1.35. The second-order valence-corrected chi connectivity index (χ2v) is 3.77. The molecule has 1 aromatic rings. The summed E-state index contributed by atoms with van der Waals surface area (Å²) in [6.45, 7) is 0.570. The number of nitrogens with two attached hydrogens (primary N) is 1. The molecule has 2 amide bonds. The van der Waals surface area contributed by atoms with Gasteiger partial charge in [0.05, 0.1) is 12.2 Å². The SMILES string of the molecule is NC(=O)CCCNCC(=O)Nc1ccccc1F. The minimum Gasteiger partial charge on any atom is -0.370 e. The van der Waals surface area contributed by atoms with E-state index in [0.717, 1.165) is 0 Å². The van der Waals surface area contributed by atoms with Crippen molar-refractivity contribution >= 4 is 17.5 Å². The Morgan fingerprint density at radius 1 is 1.28 bits per heavy atom. The van der Waals surface area contributed by atoms with E-state index in [1.807, 2.05) is 0 Å². The normalized spacial score (nSPS) is 10.1. The van der Waals surface area contributed by atoms with E-state index in [2.05, 4.69) is 10.6 Å². The van der Waals surface area contributed by atoms with Crippen molar-refractivity contribution < 1.29 is 14.0 Å². The Labute approximate surface area is 105 Å². The van der Waals surface area contributed by atoms with Crippen molar-refractivity contribution in [2.45, 2.75) is 12.8 Å². The highest BCUT2D eigenvalue weighted by molar-refractivity contribution is 5.92. The predicted molar refractivity (Wildman–Crippen MR) is 66.3 cm³/mol. The summed E-state index contributed by atoms with van der Waals surface area (Å²) in [5.74, 6) is -1.17. The summed E-state index contributed by atoms with van der Waals surface area (Å²) in [7, 11) is 0. The number of rotatable bonds is 7. The molecule has 0 aliphatic carbocycles. The zero-order valence-corrected chi connectivity index (χ0v) is 9.91. The number of hydrogen-bond acceptors (Lipinski definition) is 3. The van der Waals surface area contributed by atoms with Crippen LogP contribution in [0.5, 0.6) is 0 Å². The van der Waals surface area contributed by atoms with Crippen LogP contribution < -0.4 is 16.4 Å². The number of carbonyl (C=O) groups is 2. The minimum atomic E-state index is -0.473. The summed E-state index contributed by atoms with van der Waals surface area (Å²) in [6.07, 6.45) is 0.851. The molecule has 0 unspecified atom stereocenters. The lowest BCUT2D eigenvalue weighted by Gasteiger charge is -2.07. The van der Waals surface area contributed by atoms with Gasteiger partial charge in [-0.3, -0.25) is 9.59 Å². The maximum atomic E-state index is 13.2. The second kappa shape index (κ2) is 7.39. The van der Waals surface area contributed by atoms with Gasteiger partial charge in [0.2, 0.25) is 11.8 Å². The van der Waals surface area contributed by atoms with E-state index < -0.39 is 5.82 Å². The van der Waals surface area contributed by atoms with Crippen molar-refractivity contribution in [1.29, 1.82) is 0 Å². The molecule has 98 valence electrons. The largest absolute Gasteiger partial charge is 0.370 e. The van der Waals surface area contributed by atoms with Crippen LogP contribution in [-0.4, -0.2) is 24.9 Å². The van der Waals surface area contributed by atoms with Crippen molar-refractivity contribution in [3.05, 3.63) is 30.1 Å². The molecule has 18 heavy (non-hydrogen) atoms. The molecule has 0 atom stereocenters. The molecule has 0 fully saturated rings. The first-order chi connectivity index (χ1) is 8.59. The molecule has 0 radical (unpaired) electrons. The number of hydrogen-bond donors (Lipinski definition) is 3. The van der Waals surface area contributed by atoms with Crippen LogP contribution in [0.15, 0.2) is 24.3 Å². The number of amides is 2. The Kier molecular flexibility index (Phi) is 5.79. The van der Waals surface area contributed by atoms with Crippen LogP contribution in [-0.2, 0) is 9.59 Å². The Hall–Kier alpha value is -1.95. The van der Waals surface area contributed by atoms with Crippen molar-refractivity contribution in [3.8, 4) is 0 Å². The van der Waals surface area contributed by atoms with Crippen LogP contribution in [0.1, 0.15) is 12.8 Å². The Balaban J connectivity index is 2.22. The third kappa shape index (κ3) is 5.40. The topological polar surface area (TPSA) is 84.2 Å². The van der Waals surface area contributed by atoms with Gasteiger partial charge in [-0.2, -0.15) is 0 Å². The number of carbonyl (C=O) groups excluding carboxylic acids is 2. The third-order valence-corrected chi connectivity index (χ3v) is 2.21. The first-order valence-corrected chi connectivity index (χ1v) is 5.63. The number of nitrogens with one attached hydrogen (secondary N) is 2. The van der Waals surface area contributed by atoms with Gasteiger partial charge >= 0.3 is 0 Å². The summed E-state index contributed by atoms with van der Waals surface area (Å²) in [5.41, 5.74) is 5.12. The van der Waals surface area contributed by atoms with Crippen molar-refractivity contribution in [2.75, 3.05) is 18.4 Å². The standard InChI is InChI=1S/C12H16FN3O2/c13-9-4-1-2-5-10(9)16-12(18)8-15-7-3-6-11(14)17/h1-2,4-5,15H,3,6-8H2,(H2,14,17)(H,16,18). The summed E-state index contributed by atoms with van der Waals surface area (Å²) in [5, 5.41) is 5.28. The van der Waals surface area contributed by atoms with Crippen molar-refractivity contribution in [1.82, 2.24) is 5.32 Å². The van der Waals surface area contributed by atoms with Gasteiger partial charge < -0.3 is 16.4 Å². The molecule has 0 bridgehead atoms. The van der Waals surface area contributed by atoms with Crippen molar-refractivity contribution in [3.63, 3.8) is 0 Å². The van der Waals surface area contributed by atoms with Crippen LogP contribution in [0.3, 0.4) is 0 Å². The van der Waals surface area contributed by atoms with Gasteiger partial charge in [0.1, 0.15) is 5.82 Å². The van der Waals surface area contributed by atoms with E-state index in [4.69, 9.17) is 5.73 Å². The average molecular weight is 253 g/mol. The Morgan fingerprint density at radius 2 is 2.00 bits per heavy atom. The lowest BCUT2D eigenvalue weighted by Crippen LogP contribution is -2.29. The summed E-state index contributed by atoms with van der Waals surface area (Å²) in [4.78, 5) is 21.9.